The third-order valence-electron chi connectivity index (χ3n) is 4.09. The van der Waals surface area contributed by atoms with Crippen LogP contribution in [-0.4, -0.2) is 59.6 Å². The van der Waals surface area contributed by atoms with Crippen LogP contribution in [0, 0.1) is 0 Å². The standard InChI is InChI=1S/C16H23N7/c1-3-22-6-8-23(9-7-22)16-5-4-13(11-18-16)21-15-10-14(17-2)19-12-20-15/h4-5,10-12H,3,6-9H2,1-2H3,(H2,17,19,20,21). The molecule has 1 saturated heterocycles. The molecule has 0 spiro atoms. The van der Waals surface area contributed by atoms with Crippen molar-refractivity contribution in [2.45, 2.75) is 6.92 Å². The number of pyridine rings is 1. The van der Waals surface area contributed by atoms with E-state index in [4.69, 9.17) is 0 Å². The van der Waals surface area contributed by atoms with E-state index in [-0.39, 0.29) is 0 Å². The molecule has 122 valence electrons. The molecular formula is C16H23N7. The molecule has 7 nitrogen and oxygen atoms in total. The van der Waals surface area contributed by atoms with Crippen molar-refractivity contribution in [1.29, 1.82) is 0 Å². The molecule has 0 saturated carbocycles. The Morgan fingerprint density at radius 2 is 1.83 bits per heavy atom. The predicted molar refractivity (Wildman–Crippen MR) is 93.4 cm³/mol. The molecule has 3 rings (SSSR count). The van der Waals surface area contributed by atoms with Crippen LogP contribution in [0.1, 0.15) is 6.92 Å². The maximum absolute atomic E-state index is 4.58. The van der Waals surface area contributed by atoms with Gasteiger partial charge in [-0.15, -0.1) is 0 Å². The summed E-state index contributed by atoms with van der Waals surface area (Å²) in [6, 6.07) is 5.96. The predicted octanol–water partition coefficient (Wildman–Crippen LogP) is 1.80. The molecule has 0 atom stereocenters. The van der Waals surface area contributed by atoms with Gasteiger partial charge in [0.05, 0.1) is 11.9 Å². The van der Waals surface area contributed by atoms with E-state index >= 15 is 0 Å². The van der Waals surface area contributed by atoms with Crippen LogP contribution in [0.2, 0.25) is 0 Å². The van der Waals surface area contributed by atoms with Crippen LogP contribution in [0.25, 0.3) is 0 Å². The molecule has 2 aromatic rings. The summed E-state index contributed by atoms with van der Waals surface area (Å²) in [6.45, 7) is 7.60. The third kappa shape index (κ3) is 3.87. The molecule has 2 aromatic heterocycles. The smallest absolute Gasteiger partial charge is 0.135 e. The minimum atomic E-state index is 0.746. The monoisotopic (exact) mass is 313 g/mol. The first-order valence-electron chi connectivity index (χ1n) is 7.98. The number of nitrogens with zero attached hydrogens (tertiary/aromatic N) is 5. The highest BCUT2D eigenvalue weighted by Gasteiger charge is 2.16. The van der Waals surface area contributed by atoms with Crippen molar-refractivity contribution in [3.8, 4) is 0 Å². The van der Waals surface area contributed by atoms with Gasteiger partial charge in [-0.05, 0) is 18.7 Å². The average molecular weight is 313 g/mol. The quantitative estimate of drug-likeness (QED) is 0.872. The number of anilines is 4. The fourth-order valence-corrected chi connectivity index (χ4v) is 2.65. The molecule has 23 heavy (non-hydrogen) atoms. The topological polar surface area (TPSA) is 69.2 Å². The summed E-state index contributed by atoms with van der Waals surface area (Å²) >= 11 is 0. The first kappa shape index (κ1) is 15.5. The Morgan fingerprint density at radius 3 is 2.48 bits per heavy atom. The van der Waals surface area contributed by atoms with Crippen LogP contribution < -0.4 is 15.5 Å². The SMILES string of the molecule is CCN1CCN(c2ccc(Nc3cc(NC)ncn3)cn2)CC1. The van der Waals surface area contributed by atoms with E-state index < -0.39 is 0 Å². The Morgan fingerprint density at radius 1 is 1.04 bits per heavy atom. The molecule has 3 heterocycles. The van der Waals surface area contributed by atoms with Gasteiger partial charge in [-0.1, -0.05) is 6.92 Å². The van der Waals surface area contributed by atoms with E-state index in [2.05, 4.69) is 48.4 Å². The fourth-order valence-electron chi connectivity index (χ4n) is 2.65. The Labute approximate surface area is 136 Å². The van der Waals surface area contributed by atoms with Crippen LogP contribution in [-0.2, 0) is 0 Å². The number of rotatable bonds is 5. The van der Waals surface area contributed by atoms with Crippen molar-refractivity contribution in [2.24, 2.45) is 0 Å². The normalized spacial score (nSPS) is 15.5. The molecule has 2 N–H and O–H groups in total. The lowest BCUT2D eigenvalue weighted by Crippen LogP contribution is -2.46. The van der Waals surface area contributed by atoms with Gasteiger partial charge in [0.25, 0.3) is 0 Å². The molecule has 0 bridgehead atoms. The van der Waals surface area contributed by atoms with Gasteiger partial charge in [0.1, 0.15) is 23.8 Å². The lowest BCUT2D eigenvalue weighted by atomic mass is 10.3. The van der Waals surface area contributed by atoms with Gasteiger partial charge < -0.3 is 20.4 Å². The second kappa shape index (κ2) is 7.23. The van der Waals surface area contributed by atoms with Gasteiger partial charge in [-0.3, -0.25) is 0 Å². The maximum atomic E-state index is 4.58. The Kier molecular flexibility index (Phi) is 4.87. The van der Waals surface area contributed by atoms with Gasteiger partial charge in [-0.2, -0.15) is 0 Å². The van der Waals surface area contributed by atoms with Crippen molar-refractivity contribution in [3.05, 3.63) is 30.7 Å². The third-order valence-corrected chi connectivity index (χ3v) is 4.09. The van der Waals surface area contributed by atoms with E-state index in [0.29, 0.717) is 0 Å². The second-order valence-corrected chi connectivity index (χ2v) is 5.49. The van der Waals surface area contributed by atoms with Crippen LogP contribution in [0.3, 0.4) is 0 Å². The van der Waals surface area contributed by atoms with E-state index in [0.717, 1.165) is 55.9 Å². The zero-order valence-corrected chi connectivity index (χ0v) is 13.7. The maximum Gasteiger partial charge on any atom is 0.135 e. The molecule has 0 aromatic carbocycles. The van der Waals surface area contributed by atoms with E-state index in [1.165, 1.54) is 6.33 Å². The summed E-state index contributed by atoms with van der Waals surface area (Å²) in [4.78, 5) is 17.7. The summed E-state index contributed by atoms with van der Waals surface area (Å²) in [5, 5.41) is 6.24. The molecule has 1 aliphatic rings. The van der Waals surface area contributed by atoms with Crippen LogP contribution in [0.15, 0.2) is 30.7 Å². The minimum absolute atomic E-state index is 0.746. The minimum Gasteiger partial charge on any atom is -0.373 e. The molecule has 0 radical (unpaired) electrons. The highest BCUT2D eigenvalue weighted by atomic mass is 15.3. The molecule has 0 aliphatic carbocycles. The molecule has 1 aliphatic heterocycles. The molecular weight excluding hydrogens is 290 g/mol. The number of hydrogen-bond acceptors (Lipinski definition) is 7. The number of piperazine rings is 1. The zero-order valence-electron chi connectivity index (χ0n) is 13.7. The van der Waals surface area contributed by atoms with Gasteiger partial charge >= 0.3 is 0 Å². The van der Waals surface area contributed by atoms with Gasteiger partial charge in [0.2, 0.25) is 0 Å². The van der Waals surface area contributed by atoms with Crippen molar-refractivity contribution in [3.63, 3.8) is 0 Å². The van der Waals surface area contributed by atoms with Gasteiger partial charge in [0.15, 0.2) is 0 Å². The highest BCUT2D eigenvalue weighted by Crippen LogP contribution is 2.19. The Bertz CT molecular complexity index is 621. The first-order valence-corrected chi connectivity index (χ1v) is 7.98. The van der Waals surface area contributed by atoms with Crippen molar-refractivity contribution < 1.29 is 0 Å². The number of likely N-dealkylation sites (N-methyl/N-ethyl adjacent to an activating group) is 1. The second-order valence-electron chi connectivity index (χ2n) is 5.49. The number of nitrogens with one attached hydrogen (secondary N) is 2. The highest BCUT2D eigenvalue weighted by molar-refractivity contribution is 5.59. The van der Waals surface area contributed by atoms with Crippen LogP contribution >= 0.6 is 0 Å². The summed E-state index contributed by atoms with van der Waals surface area (Å²) in [7, 11) is 1.83. The van der Waals surface area contributed by atoms with E-state index in [1.54, 1.807) is 0 Å². The van der Waals surface area contributed by atoms with Crippen molar-refractivity contribution in [2.75, 3.05) is 55.3 Å². The summed E-state index contributed by atoms with van der Waals surface area (Å²) in [5.41, 5.74) is 0.918. The van der Waals surface area contributed by atoms with Crippen LogP contribution in [0.5, 0.6) is 0 Å². The van der Waals surface area contributed by atoms with E-state index in [9.17, 15) is 0 Å². The molecule has 0 unspecified atom stereocenters. The summed E-state index contributed by atoms with van der Waals surface area (Å²) in [5.74, 6) is 2.56. The van der Waals surface area contributed by atoms with Crippen molar-refractivity contribution in [1.82, 2.24) is 19.9 Å². The van der Waals surface area contributed by atoms with Gasteiger partial charge in [-0.25, -0.2) is 15.0 Å². The van der Waals surface area contributed by atoms with Crippen molar-refractivity contribution >= 4 is 23.1 Å². The Hall–Kier alpha value is -2.41. The largest absolute Gasteiger partial charge is 0.373 e. The first-order chi connectivity index (χ1) is 11.3. The zero-order chi connectivity index (χ0) is 16.1. The van der Waals surface area contributed by atoms with E-state index in [1.807, 2.05) is 25.4 Å². The summed E-state index contributed by atoms with van der Waals surface area (Å²) in [6.07, 6.45) is 3.38. The molecule has 1 fully saturated rings. The molecule has 0 amide bonds. The fraction of sp³-hybridized carbons (Fsp3) is 0.438. The average Bonchev–Trinajstić information content (AvgIpc) is 2.63. The number of hydrogen-bond donors (Lipinski definition) is 2. The van der Waals surface area contributed by atoms with Crippen LogP contribution in [0.4, 0.5) is 23.1 Å². The molecule has 7 heteroatoms. The summed E-state index contributed by atoms with van der Waals surface area (Å²) < 4.78 is 0. The Balaban J connectivity index is 1.63. The van der Waals surface area contributed by atoms with Gasteiger partial charge in [0, 0.05) is 39.3 Å². The number of aromatic nitrogens is 3. The lowest BCUT2D eigenvalue weighted by molar-refractivity contribution is 0.270. The lowest BCUT2D eigenvalue weighted by Gasteiger charge is -2.34.